The number of amides is 4. The number of nitrogens with two attached hydrogens (primary N) is 1. The van der Waals surface area contributed by atoms with Crippen molar-refractivity contribution in [1.29, 1.82) is 0 Å². The summed E-state index contributed by atoms with van der Waals surface area (Å²) in [6.45, 7) is 0.626. The Morgan fingerprint density at radius 2 is 1.83 bits per heavy atom. The van der Waals surface area contributed by atoms with E-state index in [0.29, 0.717) is 17.9 Å². The van der Waals surface area contributed by atoms with Gasteiger partial charge in [0.15, 0.2) is 0 Å². The molecule has 8 nitrogen and oxygen atoms in total. The predicted molar refractivity (Wildman–Crippen MR) is 106 cm³/mol. The molecule has 1 atom stereocenters. The fourth-order valence-corrected chi connectivity index (χ4v) is 3.68. The summed E-state index contributed by atoms with van der Waals surface area (Å²) in [6, 6.07) is 11.6. The van der Waals surface area contributed by atoms with Crippen molar-refractivity contribution in [2.45, 2.75) is 25.3 Å². The van der Waals surface area contributed by atoms with Crippen LogP contribution in [0.5, 0.6) is 0 Å². The van der Waals surface area contributed by atoms with Gasteiger partial charge in [0.05, 0.1) is 11.1 Å². The molecule has 1 saturated heterocycles. The summed E-state index contributed by atoms with van der Waals surface area (Å²) in [4.78, 5) is 49.9. The van der Waals surface area contributed by atoms with Crippen LogP contribution in [0, 0.1) is 0 Å². The molecule has 2 aliphatic heterocycles. The molecule has 0 radical (unpaired) electrons. The molecule has 4 rings (SSSR count). The number of hydrogen-bond acceptors (Lipinski definition) is 6. The summed E-state index contributed by atoms with van der Waals surface area (Å²) in [5, 5.41) is 5.43. The second-order valence-electron chi connectivity index (χ2n) is 7.13. The van der Waals surface area contributed by atoms with Gasteiger partial charge in [-0.1, -0.05) is 12.1 Å². The molecule has 0 aliphatic carbocycles. The molecule has 0 bridgehead atoms. The number of fused-ring (bicyclic) bond motifs is 1. The molecule has 0 aromatic heterocycles. The lowest BCUT2D eigenvalue weighted by Gasteiger charge is -2.27. The third-order valence-electron chi connectivity index (χ3n) is 5.13. The summed E-state index contributed by atoms with van der Waals surface area (Å²) in [5.74, 6) is -2.03. The number of carbonyl (C=O) groups is 4. The van der Waals surface area contributed by atoms with Gasteiger partial charge in [-0.05, 0) is 48.7 Å². The van der Waals surface area contributed by atoms with Crippen molar-refractivity contribution in [3.63, 3.8) is 0 Å². The van der Waals surface area contributed by atoms with Crippen LogP contribution in [0.2, 0.25) is 0 Å². The lowest BCUT2D eigenvalue weighted by Crippen LogP contribution is -2.54. The fourth-order valence-electron chi connectivity index (χ4n) is 3.68. The van der Waals surface area contributed by atoms with Gasteiger partial charge in [-0.3, -0.25) is 29.4 Å². The molecule has 2 aromatic carbocycles. The van der Waals surface area contributed by atoms with E-state index in [9.17, 15) is 19.2 Å². The van der Waals surface area contributed by atoms with Gasteiger partial charge in [0, 0.05) is 24.3 Å². The number of rotatable bonds is 5. The zero-order chi connectivity index (χ0) is 20.5. The van der Waals surface area contributed by atoms with Gasteiger partial charge >= 0.3 is 0 Å². The van der Waals surface area contributed by atoms with Gasteiger partial charge in [0.2, 0.25) is 11.8 Å². The molecule has 2 aromatic rings. The van der Waals surface area contributed by atoms with Gasteiger partial charge in [0.25, 0.3) is 11.8 Å². The maximum absolute atomic E-state index is 12.8. The third kappa shape index (κ3) is 3.56. The molecule has 4 amide bonds. The summed E-state index contributed by atoms with van der Waals surface area (Å²) >= 11 is 0. The minimum Gasteiger partial charge on any atom is -0.399 e. The summed E-state index contributed by atoms with van der Waals surface area (Å²) in [7, 11) is 0. The highest BCUT2D eigenvalue weighted by Gasteiger charge is 2.44. The smallest absolute Gasteiger partial charge is 0.262 e. The molecule has 1 unspecified atom stereocenters. The quantitative estimate of drug-likeness (QED) is 0.521. The Balaban J connectivity index is 1.47. The number of nitrogens with one attached hydrogen (secondary N) is 2. The van der Waals surface area contributed by atoms with Crippen LogP contribution in [0.4, 0.5) is 11.4 Å². The molecule has 2 heterocycles. The SMILES string of the molecule is Nc1cccc(CCNc2ccc3c(c2)C(=O)N(C2CCC(=O)NC2=O)C3=O)c1. The highest BCUT2D eigenvalue weighted by molar-refractivity contribution is 6.23. The normalized spacial score (nSPS) is 18.6. The maximum atomic E-state index is 12.8. The monoisotopic (exact) mass is 392 g/mol. The van der Waals surface area contributed by atoms with Crippen LogP contribution in [-0.2, 0) is 16.0 Å². The highest BCUT2D eigenvalue weighted by Crippen LogP contribution is 2.29. The van der Waals surface area contributed by atoms with Gasteiger partial charge < -0.3 is 11.1 Å². The van der Waals surface area contributed by atoms with Crippen molar-refractivity contribution in [3.05, 3.63) is 59.2 Å². The topological polar surface area (TPSA) is 122 Å². The number of nitrogens with zero attached hydrogens (tertiary/aromatic N) is 1. The molecule has 29 heavy (non-hydrogen) atoms. The first kappa shape index (κ1) is 18.7. The average molecular weight is 392 g/mol. The van der Waals surface area contributed by atoms with E-state index < -0.39 is 29.7 Å². The zero-order valence-electron chi connectivity index (χ0n) is 15.6. The van der Waals surface area contributed by atoms with E-state index >= 15 is 0 Å². The second-order valence-corrected chi connectivity index (χ2v) is 7.13. The van der Waals surface area contributed by atoms with Gasteiger partial charge in [0.1, 0.15) is 6.04 Å². The number of benzene rings is 2. The lowest BCUT2D eigenvalue weighted by atomic mass is 10.0. The first-order chi connectivity index (χ1) is 13.9. The number of anilines is 2. The molecular weight excluding hydrogens is 372 g/mol. The first-order valence-corrected chi connectivity index (χ1v) is 9.38. The van der Waals surface area contributed by atoms with Crippen molar-refractivity contribution in [2.24, 2.45) is 0 Å². The average Bonchev–Trinajstić information content (AvgIpc) is 2.93. The standard InChI is InChI=1S/C21H20N4O4/c22-13-3-1-2-12(10-13)8-9-23-14-4-5-15-16(11-14)21(29)25(20(15)28)17-6-7-18(26)24-19(17)27/h1-5,10-11,17,23H,6-9,22H2,(H,24,26,27). The molecule has 1 fully saturated rings. The Hall–Kier alpha value is -3.68. The molecule has 8 heteroatoms. The van der Waals surface area contributed by atoms with E-state index in [0.717, 1.165) is 16.9 Å². The Morgan fingerprint density at radius 1 is 1.03 bits per heavy atom. The summed E-state index contributed by atoms with van der Waals surface area (Å²) in [5.41, 5.74) is 8.81. The van der Waals surface area contributed by atoms with Crippen LogP contribution in [0.15, 0.2) is 42.5 Å². The van der Waals surface area contributed by atoms with E-state index in [4.69, 9.17) is 5.73 Å². The number of carbonyl (C=O) groups excluding carboxylic acids is 4. The summed E-state index contributed by atoms with van der Waals surface area (Å²) in [6.07, 6.45) is 0.986. The van der Waals surface area contributed by atoms with Crippen LogP contribution in [0.25, 0.3) is 0 Å². The zero-order valence-corrected chi connectivity index (χ0v) is 15.6. The van der Waals surface area contributed by atoms with Crippen molar-refractivity contribution in [1.82, 2.24) is 10.2 Å². The Morgan fingerprint density at radius 3 is 2.59 bits per heavy atom. The van der Waals surface area contributed by atoms with Gasteiger partial charge in [-0.15, -0.1) is 0 Å². The van der Waals surface area contributed by atoms with E-state index in [2.05, 4.69) is 10.6 Å². The van der Waals surface area contributed by atoms with Crippen LogP contribution in [0.3, 0.4) is 0 Å². The van der Waals surface area contributed by atoms with Crippen molar-refractivity contribution >= 4 is 35.0 Å². The number of piperidine rings is 1. The van der Waals surface area contributed by atoms with Crippen LogP contribution >= 0.6 is 0 Å². The second kappa shape index (κ2) is 7.38. The van der Waals surface area contributed by atoms with Gasteiger partial charge in [-0.2, -0.15) is 0 Å². The molecular formula is C21H20N4O4. The Kier molecular flexibility index (Phi) is 4.75. The molecule has 0 spiro atoms. The largest absolute Gasteiger partial charge is 0.399 e. The van der Waals surface area contributed by atoms with E-state index in [1.807, 2.05) is 24.3 Å². The Labute approximate surface area is 167 Å². The van der Waals surface area contributed by atoms with Crippen LogP contribution in [-0.4, -0.2) is 41.1 Å². The predicted octanol–water partition coefficient (Wildman–Crippen LogP) is 1.32. The number of imide groups is 2. The molecule has 2 aliphatic rings. The first-order valence-electron chi connectivity index (χ1n) is 9.38. The number of hydrogen-bond donors (Lipinski definition) is 3. The van der Waals surface area contributed by atoms with Crippen LogP contribution in [0.1, 0.15) is 39.1 Å². The molecule has 4 N–H and O–H groups in total. The van der Waals surface area contributed by atoms with E-state index in [1.54, 1.807) is 18.2 Å². The molecule has 0 saturated carbocycles. The van der Waals surface area contributed by atoms with Crippen molar-refractivity contribution in [3.8, 4) is 0 Å². The third-order valence-corrected chi connectivity index (χ3v) is 5.13. The van der Waals surface area contributed by atoms with Crippen LogP contribution < -0.4 is 16.4 Å². The van der Waals surface area contributed by atoms with Gasteiger partial charge in [-0.25, -0.2) is 0 Å². The maximum Gasteiger partial charge on any atom is 0.262 e. The number of nitrogen functional groups attached to an aromatic ring is 1. The fraction of sp³-hybridized carbons (Fsp3) is 0.238. The van der Waals surface area contributed by atoms with E-state index in [1.165, 1.54) is 0 Å². The summed E-state index contributed by atoms with van der Waals surface area (Å²) < 4.78 is 0. The lowest BCUT2D eigenvalue weighted by molar-refractivity contribution is -0.136. The Bertz CT molecular complexity index is 1030. The molecule has 148 valence electrons. The van der Waals surface area contributed by atoms with E-state index in [-0.39, 0.29) is 24.0 Å². The van der Waals surface area contributed by atoms with Crippen molar-refractivity contribution in [2.75, 3.05) is 17.6 Å². The van der Waals surface area contributed by atoms with Crippen molar-refractivity contribution < 1.29 is 19.2 Å². The highest BCUT2D eigenvalue weighted by atomic mass is 16.2. The minimum atomic E-state index is -0.958. The minimum absolute atomic E-state index is 0.0978.